The highest BCUT2D eigenvalue weighted by Crippen LogP contribution is 2.06. The number of hydrogen-bond donors (Lipinski definition) is 1. The minimum atomic E-state index is 0.601. The van der Waals surface area contributed by atoms with Crippen molar-refractivity contribution >= 4 is 0 Å². The van der Waals surface area contributed by atoms with E-state index in [1.165, 1.54) is 6.33 Å². The van der Waals surface area contributed by atoms with Crippen LogP contribution in [-0.2, 0) is 6.42 Å². The van der Waals surface area contributed by atoms with Crippen molar-refractivity contribution in [2.24, 2.45) is 5.73 Å². The normalized spacial score (nSPS) is 10.0. The Hall–Kier alpha value is -1.16. The topological polar surface area (TPSA) is 61.0 Å². The SMILES string of the molecule is CCCOc1cc(CCN)ncn1. The number of ether oxygens (including phenoxy) is 1. The van der Waals surface area contributed by atoms with Gasteiger partial charge in [0.2, 0.25) is 5.88 Å². The summed E-state index contributed by atoms with van der Waals surface area (Å²) in [5.41, 5.74) is 6.34. The van der Waals surface area contributed by atoms with Crippen molar-refractivity contribution in [1.29, 1.82) is 0 Å². The van der Waals surface area contributed by atoms with Gasteiger partial charge in [-0.25, -0.2) is 9.97 Å². The first-order valence-corrected chi connectivity index (χ1v) is 4.50. The molecule has 1 aromatic rings. The second-order valence-corrected chi connectivity index (χ2v) is 2.73. The number of nitrogens with zero attached hydrogens (tertiary/aromatic N) is 2. The van der Waals surface area contributed by atoms with Crippen molar-refractivity contribution in [1.82, 2.24) is 9.97 Å². The van der Waals surface area contributed by atoms with Crippen LogP contribution in [0.25, 0.3) is 0 Å². The summed E-state index contributed by atoms with van der Waals surface area (Å²) in [6.45, 7) is 3.35. The highest BCUT2D eigenvalue weighted by atomic mass is 16.5. The Morgan fingerprint density at radius 3 is 3.00 bits per heavy atom. The number of rotatable bonds is 5. The third kappa shape index (κ3) is 3.38. The summed E-state index contributed by atoms with van der Waals surface area (Å²) in [4.78, 5) is 8.05. The molecule has 1 heterocycles. The fourth-order valence-corrected chi connectivity index (χ4v) is 0.947. The predicted octanol–water partition coefficient (Wildman–Crippen LogP) is 0.767. The standard InChI is InChI=1S/C9H15N3O/c1-2-5-13-9-6-8(3-4-10)11-7-12-9/h6-7H,2-5,10H2,1H3. The zero-order chi connectivity index (χ0) is 9.52. The third-order valence-corrected chi connectivity index (χ3v) is 1.55. The zero-order valence-corrected chi connectivity index (χ0v) is 7.86. The second kappa shape index (κ2) is 5.48. The molecule has 0 aliphatic heterocycles. The van der Waals surface area contributed by atoms with Crippen LogP contribution in [0.1, 0.15) is 19.0 Å². The summed E-state index contributed by atoms with van der Waals surface area (Å²) < 4.78 is 5.35. The summed E-state index contributed by atoms with van der Waals surface area (Å²) in [5, 5.41) is 0. The second-order valence-electron chi connectivity index (χ2n) is 2.73. The van der Waals surface area contributed by atoms with Gasteiger partial charge < -0.3 is 10.5 Å². The minimum absolute atomic E-state index is 0.601. The molecule has 0 atom stereocenters. The average molecular weight is 181 g/mol. The van der Waals surface area contributed by atoms with E-state index in [4.69, 9.17) is 10.5 Å². The molecule has 1 aromatic heterocycles. The van der Waals surface area contributed by atoms with E-state index in [-0.39, 0.29) is 0 Å². The van der Waals surface area contributed by atoms with E-state index in [1.807, 2.05) is 6.07 Å². The molecule has 0 fully saturated rings. The maximum atomic E-state index is 5.41. The van der Waals surface area contributed by atoms with Crippen LogP contribution in [0, 0.1) is 0 Å². The first-order chi connectivity index (χ1) is 6.36. The predicted molar refractivity (Wildman–Crippen MR) is 50.6 cm³/mol. The molecule has 0 amide bonds. The Morgan fingerprint density at radius 1 is 1.46 bits per heavy atom. The fraction of sp³-hybridized carbons (Fsp3) is 0.556. The van der Waals surface area contributed by atoms with Crippen LogP contribution >= 0.6 is 0 Å². The molecule has 4 nitrogen and oxygen atoms in total. The Kier molecular flexibility index (Phi) is 4.18. The Balaban J connectivity index is 2.56. The molecule has 0 saturated carbocycles. The summed E-state index contributed by atoms with van der Waals surface area (Å²) >= 11 is 0. The van der Waals surface area contributed by atoms with Gasteiger partial charge in [0.15, 0.2) is 0 Å². The van der Waals surface area contributed by atoms with Crippen molar-refractivity contribution in [3.63, 3.8) is 0 Å². The van der Waals surface area contributed by atoms with E-state index in [0.29, 0.717) is 19.0 Å². The smallest absolute Gasteiger partial charge is 0.216 e. The van der Waals surface area contributed by atoms with Crippen molar-refractivity contribution in [2.75, 3.05) is 13.2 Å². The highest BCUT2D eigenvalue weighted by molar-refractivity contribution is 5.13. The van der Waals surface area contributed by atoms with Gasteiger partial charge in [-0.05, 0) is 13.0 Å². The molecule has 0 aliphatic rings. The lowest BCUT2D eigenvalue weighted by molar-refractivity contribution is 0.304. The molecule has 4 heteroatoms. The van der Waals surface area contributed by atoms with E-state index in [1.54, 1.807) is 0 Å². The molecule has 0 unspecified atom stereocenters. The maximum Gasteiger partial charge on any atom is 0.216 e. The van der Waals surface area contributed by atoms with E-state index < -0.39 is 0 Å². The Labute approximate surface area is 78.1 Å². The van der Waals surface area contributed by atoms with Gasteiger partial charge in [-0.2, -0.15) is 0 Å². The summed E-state index contributed by atoms with van der Waals surface area (Å²) in [6, 6.07) is 1.84. The molecule has 2 N–H and O–H groups in total. The van der Waals surface area contributed by atoms with Crippen LogP contribution in [0.4, 0.5) is 0 Å². The molecule has 0 aromatic carbocycles. The zero-order valence-electron chi connectivity index (χ0n) is 7.86. The lowest BCUT2D eigenvalue weighted by Gasteiger charge is -2.03. The van der Waals surface area contributed by atoms with Gasteiger partial charge in [0.1, 0.15) is 6.33 Å². The molecule has 1 rings (SSSR count). The Morgan fingerprint density at radius 2 is 2.31 bits per heavy atom. The van der Waals surface area contributed by atoms with Crippen LogP contribution in [0.5, 0.6) is 5.88 Å². The molecule has 0 radical (unpaired) electrons. The molecule has 72 valence electrons. The molecule has 0 bridgehead atoms. The molecular formula is C9H15N3O. The van der Waals surface area contributed by atoms with Crippen molar-refractivity contribution in [2.45, 2.75) is 19.8 Å². The van der Waals surface area contributed by atoms with Gasteiger partial charge in [0.05, 0.1) is 6.61 Å². The molecular weight excluding hydrogens is 166 g/mol. The van der Waals surface area contributed by atoms with Crippen LogP contribution < -0.4 is 10.5 Å². The van der Waals surface area contributed by atoms with E-state index in [9.17, 15) is 0 Å². The maximum absolute atomic E-state index is 5.41. The lowest BCUT2D eigenvalue weighted by Crippen LogP contribution is -2.05. The molecule has 0 aliphatic carbocycles. The highest BCUT2D eigenvalue weighted by Gasteiger charge is 1.97. The lowest BCUT2D eigenvalue weighted by atomic mass is 10.3. The van der Waals surface area contributed by atoms with Crippen molar-refractivity contribution < 1.29 is 4.74 Å². The molecule has 0 saturated heterocycles. The van der Waals surface area contributed by atoms with Crippen LogP contribution in [0.2, 0.25) is 0 Å². The quantitative estimate of drug-likeness (QED) is 0.728. The van der Waals surface area contributed by atoms with E-state index in [2.05, 4.69) is 16.9 Å². The van der Waals surface area contributed by atoms with Crippen LogP contribution in [-0.4, -0.2) is 23.1 Å². The monoisotopic (exact) mass is 181 g/mol. The first-order valence-electron chi connectivity index (χ1n) is 4.50. The number of nitrogens with two attached hydrogens (primary N) is 1. The third-order valence-electron chi connectivity index (χ3n) is 1.55. The summed E-state index contributed by atoms with van der Waals surface area (Å²) in [7, 11) is 0. The van der Waals surface area contributed by atoms with Gasteiger partial charge in [-0.3, -0.25) is 0 Å². The molecule has 13 heavy (non-hydrogen) atoms. The minimum Gasteiger partial charge on any atom is -0.478 e. The summed E-state index contributed by atoms with van der Waals surface area (Å²) in [6.07, 6.45) is 3.26. The van der Waals surface area contributed by atoms with Crippen molar-refractivity contribution in [3.05, 3.63) is 18.1 Å². The van der Waals surface area contributed by atoms with Crippen LogP contribution in [0.3, 0.4) is 0 Å². The van der Waals surface area contributed by atoms with Crippen LogP contribution in [0.15, 0.2) is 12.4 Å². The molecule has 0 spiro atoms. The number of aromatic nitrogens is 2. The Bertz CT molecular complexity index is 252. The van der Waals surface area contributed by atoms with Gasteiger partial charge in [-0.1, -0.05) is 6.92 Å². The average Bonchev–Trinajstić information content (AvgIpc) is 2.16. The van der Waals surface area contributed by atoms with E-state index >= 15 is 0 Å². The number of hydrogen-bond acceptors (Lipinski definition) is 4. The largest absolute Gasteiger partial charge is 0.478 e. The fourth-order valence-electron chi connectivity index (χ4n) is 0.947. The van der Waals surface area contributed by atoms with E-state index in [0.717, 1.165) is 18.5 Å². The van der Waals surface area contributed by atoms with Gasteiger partial charge in [-0.15, -0.1) is 0 Å². The van der Waals surface area contributed by atoms with Gasteiger partial charge >= 0.3 is 0 Å². The van der Waals surface area contributed by atoms with Gasteiger partial charge in [0.25, 0.3) is 0 Å². The first kappa shape index (κ1) is 9.92. The van der Waals surface area contributed by atoms with Gasteiger partial charge in [0, 0.05) is 18.2 Å². The van der Waals surface area contributed by atoms with Crippen molar-refractivity contribution in [3.8, 4) is 5.88 Å². The summed E-state index contributed by atoms with van der Waals surface area (Å²) in [5.74, 6) is 0.639.